The van der Waals surface area contributed by atoms with Crippen molar-refractivity contribution in [1.29, 1.82) is 0 Å². The number of nitrogens with zero attached hydrogens (tertiary/aromatic N) is 2. The fraction of sp³-hybridized carbons (Fsp3) is 0.167. The summed E-state index contributed by atoms with van der Waals surface area (Å²) >= 11 is 1.39. The molecule has 13 heavy (non-hydrogen) atoms. The molecule has 1 aromatic heterocycles. The maximum Gasteiger partial charge on any atom is 0.374 e. The molecule has 0 fully saturated rings. The molecule has 70 valence electrons. The highest BCUT2D eigenvalue weighted by atomic mass is 32.1. The van der Waals surface area contributed by atoms with Crippen LogP contribution in [0.2, 0.25) is 0 Å². The number of nitrogens with two attached hydrogens (primary N) is 1. The first kappa shape index (κ1) is 9.46. The van der Waals surface area contributed by atoms with Crippen LogP contribution in [0.25, 0.3) is 0 Å². The van der Waals surface area contributed by atoms with Crippen LogP contribution in [0.1, 0.15) is 5.01 Å². The Morgan fingerprint density at radius 2 is 2.62 bits per heavy atom. The van der Waals surface area contributed by atoms with Crippen molar-refractivity contribution in [1.82, 2.24) is 4.98 Å². The number of thiazole rings is 1. The van der Waals surface area contributed by atoms with E-state index < -0.39 is 11.8 Å². The Bertz CT molecular complexity index is 309. The van der Waals surface area contributed by atoms with E-state index in [1.807, 2.05) is 0 Å². The Kier molecular flexibility index (Phi) is 3.21. The summed E-state index contributed by atoms with van der Waals surface area (Å²) in [6, 6.07) is 0. The van der Waals surface area contributed by atoms with Gasteiger partial charge in [-0.1, -0.05) is 5.16 Å². The Morgan fingerprint density at radius 1 is 1.85 bits per heavy atom. The molecule has 1 rings (SSSR count). The Morgan fingerprint density at radius 3 is 3.15 bits per heavy atom. The minimum absolute atomic E-state index is 0.131. The second kappa shape index (κ2) is 4.41. The first-order chi connectivity index (χ1) is 6.20. The molecule has 0 aliphatic rings. The molecule has 0 aliphatic heterocycles. The number of carbonyl (C=O) groups is 1. The van der Waals surface area contributed by atoms with Crippen molar-refractivity contribution in [3.05, 3.63) is 16.6 Å². The molecular formula is C6H7N3O3S. The van der Waals surface area contributed by atoms with Gasteiger partial charge in [0.2, 0.25) is 5.84 Å². The van der Waals surface area contributed by atoms with E-state index in [9.17, 15) is 4.79 Å². The highest BCUT2D eigenvalue weighted by molar-refractivity contribution is 7.09. The molecule has 0 radical (unpaired) electrons. The van der Waals surface area contributed by atoms with Crippen LogP contribution in [-0.4, -0.2) is 21.9 Å². The zero-order valence-corrected chi connectivity index (χ0v) is 7.32. The lowest BCUT2D eigenvalue weighted by Crippen LogP contribution is -2.23. The van der Waals surface area contributed by atoms with E-state index >= 15 is 0 Å². The van der Waals surface area contributed by atoms with E-state index in [-0.39, 0.29) is 6.61 Å². The summed E-state index contributed by atoms with van der Waals surface area (Å²) in [4.78, 5) is 18.7. The van der Waals surface area contributed by atoms with Gasteiger partial charge >= 0.3 is 5.97 Å². The summed E-state index contributed by atoms with van der Waals surface area (Å²) in [7, 11) is 0. The van der Waals surface area contributed by atoms with E-state index in [4.69, 9.17) is 10.8 Å². The molecule has 0 amide bonds. The maximum absolute atomic E-state index is 10.1. The fourth-order valence-electron chi connectivity index (χ4n) is 0.520. The van der Waals surface area contributed by atoms with Crippen molar-refractivity contribution < 1.29 is 14.7 Å². The van der Waals surface area contributed by atoms with Crippen molar-refractivity contribution in [3.63, 3.8) is 0 Å². The summed E-state index contributed by atoms with van der Waals surface area (Å²) in [6.45, 7) is 0.131. The van der Waals surface area contributed by atoms with Gasteiger partial charge in [0, 0.05) is 11.6 Å². The highest BCUT2D eigenvalue weighted by Crippen LogP contribution is 2.04. The van der Waals surface area contributed by atoms with Gasteiger partial charge in [-0.25, -0.2) is 9.78 Å². The van der Waals surface area contributed by atoms with Crippen LogP contribution in [0, 0.1) is 0 Å². The smallest absolute Gasteiger partial charge is 0.374 e. The van der Waals surface area contributed by atoms with Gasteiger partial charge in [-0.05, 0) is 0 Å². The van der Waals surface area contributed by atoms with Crippen LogP contribution in [0.5, 0.6) is 0 Å². The van der Waals surface area contributed by atoms with Gasteiger partial charge in [0.1, 0.15) is 5.01 Å². The largest absolute Gasteiger partial charge is 0.475 e. The number of carboxylic acids is 1. The van der Waals surface area contributed by atoms with Gasteiger partial charge in [-0.2, -0.15) is 0 Å². The first-order valence-electron chi connectivity index (χ1n) is 3.27. The number of carboxylic acid groups (broad SMARTS) is 1. The van der Waals surface area contributed by atoms with Crippen molar-refractivity contribution in [3.8, 4) is 0 Å². The SMILES string of the molecule is NC(=NOCc1nccs1)C(=O)O. The minimum atomic E-state index is -1.31. The van der Waals surface area contributed by atoms with Gasteiger partial charge in [0.25, 0.3) is 0 Å². The molecule has 0 bridgehead atoms. The normalized spacial score (nSPS) is 11.2. The third kappa shape index (κ3) is 3.08. The lowest BCUT2D eigenvalue weighted by molar-refractivity contribution is -0.129. The standard InChI is InChI=1S/C6H7N3O3S/c7-5(6(10)11)9-12-3-4-8-1-2-13-4/h1-2H,3H2,(H2,7,9)(H,10,11). The number of hydrogen-bond acceptors (Lipinski definition) is 5. The average molecular weight is 201 g/mol. The second-order valence-electron chi connectivity index (χ2n) is 1.98. The molecule has 0 aliphatic carbocycles. The lowest BCUT2D eigenvalue weighted by Gasteiger charge is -1.95. The number of hydrogen-bond donors (Lipinski definition) is 2. The molecule has 0 atom stereocenters. The number of oxime groups is 1. The number of amidine groups is 1. The molecule has 7 heteroatoms. The molecule has 0 aromatic carbocycles. The van der Waals surface area contributed by atoms with Crippen molar-refractivity contribution in [2.24, 2.45) is 10.9 Å². The van der Waals surface area contributed by atoms with Crippen molar-refractivity contribution >= 4 is 23.1 Å². The molecule has 6 nitrogen and oxygen atoms in total. The van der Waals surface area contributed by atoms with E-state index in [1.54, 1.807) is 11.6 Å². The van der Waals surface area contributed by atoms with E-state index in [1.165, 1.54) is 11.3 Å². The van der Waals surface area contributed by atoms with Crippen molar-refractivity contribution in [2.45, 2.75) is 6.61 Å². The van der Waals surface area contributed by atoms with Crippen LogP contribution >= 0.6 is 11.3 Å². The second-order valence-corrected chi connectivity index (χ2v) is 2.96. The molecule has 0 saturated carbocycles. The summed E-state index contributed by atoms with van der Waals surface area (Å²) in [5, 5.41) is 13.9. The Labute approximate surface area is 77.6 Å². The Hall–Kier alpha value is -1.63. The third-order valence-electron chi connectivity index (χ3n) is 1.05. The fourth-order valence-corrected chi connectivity index (χ4v) is 1.04. The quantitative estimate of drug-likeness (QED) is 0.408. The summed E-state index contributed by atoms with van der Waals surface area (Å²) in [5.41, 5.74) is 4.96. The number of aliphatic carboxylic acids is 1. The molecule has 3 N–H and O–H groups in total. The molecule has 1 heterocycles. The number of rotatable bonds is 3. The average Bonchev–Trinajstić information content (AvgIpc) is 2.56. The minimum Gasteiger partial charge on any atom is -0.475 e. The predicted molar refractivity (Wildman–Crippen MR) is 46.2 cm³/mol. The van der Waals surface area contributed by atoms with Crippen LogP contribution in [-0.2, 0) is 16.2 Å². The zero-order chi connectivity index (χ0) is 9.68. The molecule has 0 unspecified atom stereocenters. The summed E-state index contributed by atoms with van der Waals surface area (Å²) in [6.07, 6.45) is 1.62. The highest BCUT2D eigenvalue weighted by Gasteiger charge is 2.03. The lowest BCUT2D eigenvalue weighted by atomic mass is 10.6. The zero-order valence-electron chi connectivity index (χ0n) is 6.51. The molecule has 0 spiro atoms. The molecule has 0 saturated heterocycles. The first-order valence-corrected chi connectivity index (χ1v) is 4.15. The number of aromatic nitrogens is 1. The molecular weight excluding hydrogens is 194 g/mol. The van der Waals surface area contributed by atoms with Crippen LogP contribution in [0.4, 0.5) is 0 Å². The van der Waals surface area contributed by atoms with Crippen LogP contribution < -0.4 is 5.73 Å². The van der Waals surface area contributed by atoms with E-state index in [0.717, 1.165) is 0 Å². The van der Waals surface area contributed by atoms with Crippen LogP contribution in [0.15, 0.2) is 16.7 Å². The molecule has 1 aromatic rings. The Balaban J connectivity index is 2.36. The summed E-state index contributed by atoms with van der Waals surface area (Å²) < 4.78 is 0. The van der Waals surface area contributed by atoms with Crippen LogP contribution in [0.3, 0.4) is 0 Å². The van der Waals surface area contributed by atoms with Gasteiger partial charge in [0.05, 0.1) is 0 Å². The third-order valence-corrected chi connectivity index (χ3v) is 1.81. The van der Waals surface area contributed by atoms with Gasteiger partial charge in [-0.15, -0.1) is 11.3 Å². The van der Waals surface area contributed by atoms with Crippen molar-refractivity contribution in [2.75, 3.05) is 0 Å². The van der Waals surface area contributed by atoms with Gasteiger partial charge < -0.3 is 15.7 Å². The van der Waals surface area contributed by atoms with Gasteiger partial charge in [-0.3, -0.25) is 0 Å². The monoisotopic (exact) mass is 201 g/mol. The van der Waals surface area contributed by atoms with Gasteiger partial charge in [0.15, 0.2) is 6.61 Å². The summed E-state index contributed by atoms with van der Waals surface area (Å²) in [5.74, 6) is -1.88. The van der Waals surface area contributed by atoms with E-state index in [0.29, 0.717) is 5.01 Å². The van der Waals surface area contributed by atoms with E-state index in [2.05, 4.69) is 15.0 Å². The predicted octanol–water partition coefficient (Wildman–Crippen LogP) is 0.0165. The maximum atomic E-state index is 10.1. The topological polar surface area (TPSA) is 97.8 Å².